The van der Waals surface area contributed by atoms with E-state index in [4.69, 9.17) is 18.9 Å². The van der Waals surface area contributed by atoms with Crippen LogP contribution in [0.5, 0.6) is 0 Å². The van der Waals surface area contributed by atoms with Crippen LogP contribution in [0.4, 0.5) is 22.0 Å². The van der Waals surface area contributed by atoms with E-state index in [-0.39, 0.29) is 25.2 Å². The van der Waals surface area contributed by atoms with Gasteiger partial charge in [-0.2, -0.15) is 0 Å². The first kappa shape index (κ1) is 38.0. The number of aliphatic hydroxyl groups excluding tert-OH is 1. The zero-order valence-electron chi connectivity index (χ0n) is 29.1. The zero-order chi connectivity index (χ0) is 38.6. The highest BCUT2D eigenvalue weighted by atomic mass is 32.2. The average molecular weight is 773 g/mol. The Bertz CT molecular complexity index is 2190. The number of carbonyl (C=O) groups is 1. The molecule has 1 aliphatic rings. The number of benzene rings is 5. The molecule has 0 aliphatic carbocycles. The van der Waals surface area contributed by atoms with Crippen molar-refractivity contribution in [3.8, 4) is 22.6 Å². The molecule has 1 aliphatic heterocycles. The first-order chi connectivity index (χ1) is 26.6. The number of rotatable bonds is 11. The van der Waals surface area contributed by atoms with Crippen LogP contribution in [0.25, 0.3) is 22.6 Å². The van der Waals surface area contributed by atoms with E-state index >= 15 is 0 Å². The molecular weight excluding hydrogens is 740 g/mol. The molecule has 7 nitrogen and oxygen atoms in total. The van der Waals surface area contributed by atoms with Crippen molar-refractivity contribution in [3.63, 3.8) is 0 Å². The molecule has 2 heterocycles. The van der Waals surface area contributed by atoms with Gasteiger partial charge >= 0.3 is 0 Å². The summed E-state index contributed by atoms with van der Waals surface area (Å²) in [4.78, 5) is 17.4. The Morgan fingerprint density at radius 1 is 0.727 bits per heavy atom. The molecule has 7 rings (SSSR count). The summed E-state index contributed by atoms with van der Waals surface area (Å²) in [5.41, 5.74) is 3.70. The fourth-order valence-electron chi connectivity index (χ4n) is 6.27. The number of amides is 1. The minimum atomic E-state index is -2.35. The maximum Gasteiger partial charge on any atom is 0.257 e. The molecule has 0 bridgehead atoms. The van der Waals surface area contributed by atoms with Gasteiger partial charge in [0.25, 0.3) is 11.1 Å². The lowest BCUT2D eigenvalue weighted by molar-refractivity contribution is -0.268. The third-order valence-electron chi connectivity index (χ3n) is 9.33. The summed E-state index contributed by atoms with van der Waals surface area (Å²) < 4.78 is 88.6. The van der Waals surface area contributed by atoms with Gasteiger partial charge in [0.05, 0.1) is 18.8 Å². The van der Waals surface area contributed by atoms with E-state index in [0.29, 0.717) is 27.9 Å². The van der Waals surface area contributed by atoms with E-state index in [9.17, 15) is 31.9 Å². The van der Waals surface area contributed by atoms with E-state index in [1.807, 2.05) is 91.9 Å². The maximum atomic E-state index is 14.2. The highest BCUT2D eigenvalue weighted by molar-refractivity contribution is 7.99. The minimum absolute atomic E-state index is 0.104. The molecule has 2 N–H and O–H groups in total. The molecule has 13 heteroatoms. The van der Waals surface area contributed by atoms with Gasteiger partial charge in [0.15, 0.2) is 35.3 Å². The summed E-state index contributed by atoms with van der Waals surface area (Å²) in [5, 5.41) is 12.3. The second-order valence-electron chi connectivity index (χ2n) is 12.9. The monoisotopic (exact) mass is 772 g/mol. The van der Waals surface area contributed by atoms with Crippen molar-refractivity contribution in [3.05, 3.63) is 166 Å². The Hall–Kier alpha value is -5.34. The van der Waals surface area contributed by atoms with Crippen LogP contribution in [0.3, 0.4) is 0 Å². The zero-order valence-corrected chi connectivity index (χ0v) is 30.0. The van der Waals surface area contributed by atoms with Crippen LogP contribution in [-0.4, -0.2) is 27.9 Å². The van der Waals surface area contributed by atoms with Gasteiger partial charge in [0.2, 0.25) is 5.82 Å². The van der Waals surface area contributed by atoms with E-state index < -0.39 is 53.0 Å². The molecule has 0 saturated carbocycles. The van der Waals surface area contributed by atoms with Crippen LogP contribution in [0, 0.1) is 35.0 Å². The fraction of sp³-hybridized carbons (Fsp3) is 0.190. The maximum absolute atomic E-state index is 14.2. The highest BCUT2D eigenvalue weighted by Gasteiger charge is 2.39. The number of halogens is 5. The Labute approximate surface area is 317 Å². The van der Waals surface area contributed by atoms with Gasteiger partial charge in [-0.25, -0.2) is 26.9 Å². The van der Waals surface area contributed by atoms with E-state index in [1.165, 1.54) is 11.8 Å². The molecule has 1 saturated heterocycles. The van der Waals surface area contributed by atoms with Gasteiger partial charge < -0.3 is 24.3 Å². The predicted octanol–water partition coefficient (Wildman–Crippen LogP) is 9.71. The first-order valence-electron chi connectivity index (χ1n) is 17.3. The van der Waals surface area contributed by atoms with Crippen LogP contribution in [0.2, 0.25) is 0 Å². The first-order valence-corrected chi connectivity index (χ1v) is 18.2. The number of thioether (sulfide) groups is 1. The largest absolute Gasteiger partial charge is 0.431 e. The van der Waals surface area contributed by atoms with Gasteiger partial charge in [-0.1, -0.05) is 128 Å². The SMILES string of the molecule is CC1C(CSc2nc(-c3ccccc3)c(-c3ccccc3)o2)OC(c2ccc(CNC(=O)c3c(F)c(F)c(F)c(F)c3F)cc2)OC1c1ccc(CO)cc1. The Balaban J connectivity index is 1.10. The van der Waals surface area contributed by atoms with Crippen molar-refractivity contribution < 1.29 is 45.7 Å². The molecule has 282 valence electrons. The number of nitrogens with zero attached hydrogens (tertiary/aromatic N) is 1. The van der Waals surface area contributed by atoms with Crippen molar-refractivity contribution in [2.75, 3.05) is 5.75 Å². The number of ether oxygens (including phenoxy) is 2. The van der Waals surface area contributed by atoms with Gasteiger partial charge in [-0.05, 0) is 16.7 Å². The Morgan fingerprint density at radius 2 is 1.29 bits per heavy atom. The number of nitrogens with one attached hydrogen (secondary N) is 1. The Morgan fingerprint density at radius 3 is 1.91 bits per heavy atom. The van der Waals surface area contributed by atoms with Gasteiger partial charge in [0, 0.05) is 34.9 Å². The summed E-state index contributed by atoms with van der Waals surface area (Å²) >= 11 is 1.42. The molecule has 1 fully saturated rings. The average Bonchev–Trinajstić information content (AvgIpc) is 3.66. The number of oxazole rings is 1. The van der Waals surface area contributed by atoms with Crippen molar-refractivity contribution in [1.82, 2.24) is 10.3 Å². The number of hydrogen-bond donors (Lipinski definition) is 2. The molecule has 0 spiro atoms. The van der Waals surface area contributed by atoms with Crippen LogP contribution in [-0.2, 0) is 22.6 Å². The molecule has 6 aromatic rings. The van der Waals surface area contributed by atoms with Gasteiger partial charge in [-0.3, -0.25) is 4.79 Å². The summed E-state index contributed by atoms with van der Waals surface area (Å²) in [7, 11) is 0. The third-order valence-corrected chi connectivity index (χ3v) is 10.2. The van der Waals surface area contributed by atoms with E-state index in [2.05, 4.69) is 5.32 Å². The third kappa shape index (κ3) is 8.06. The van der Waals surface area contributed by atoms with Crippen molar-refractivity contribution in [2.45, 2.75) is 43.8 Å². The summed E-state index contributed by atoms with van der Waals surface area (Å²) in [6.45, 7) is 1.66. The van der Waals surface area contributed by atoms with Gasteiger partial charge in [0.1, 0.15) is 11.3 Å². The van der Waals surface area contributed by atoms with Crippen molar-refractivity contribution >= 4 is 17.7 Å². The smallest absolute Gasteiger partial charge is 0.257 e. The quantitative estimate of drug-likeness (QED) is 0.0587. The van der Waals surface area contributed by atoms with Gasteiger partial charge in [-0.15, -0.1) is 0 Å². The molecule has 4 atom stereocenters. The molecule has 5 aromatic carbocycles. The predicted molar refractivity (Wildman–Crippen MR) is 195 cm³/mol. The number of hydrogen-bond acceptors (Lipinski definition) is 7. The molecule has 1 aromatic heterocycles. The van der Waals surface area contributed by atoms with Crippen LogP contribution < -0.4 is 5.32 Å². The second-order valence-corrected chi connectivity index (χ2v) is 13.9. The summed E-state index contributed by atoms with van der Waals surface area (Å²) in [6.07, 6.45) is -1.62. The lowest BCUT2D eigenvalue weighted by Gasteiger charge is -2.41. The Kier molecular flexibility index (Phi) is 11.4. The number of aromatic nitrogens is 1. The van der Waals surface area contributed by atoms with Crippen molar-refractivity contribution in [2.24, 2.45) is 5.92 Å². The standard InChI is InChI=1S/C42H33F5N2O5S/c1-23-30(22-55-42-49-37(26-8-4-2-5-9-26)39(54-42)27-10-6-3-7-11-27)52-41(53-38(23)28-16-14-25(21-50)15-17-28)29-18-12-24(13-19-29)20-48-40(51)31-32(43)34(45)36(47)35(46)33(31)44/h2-19,23,30,38,41,50H,20-22H2,1H3,(H,48,51). The van der Waals surface area contributed by atoms with Crippen LogP contribution in [0.15, 0.2) is 119 Å². The lowest BCUT2D eigenvalue weighted by atomic mass is 9.91. The molecule has 0 radical (unpaired) electrons. The lowest BCUT2D eigenvalue weighted by Crippen LogP contribution is -2.38. The molecule has 55 heavy (non-hydrogen) atoms. The molecular formula is C42H33F5N2O5S. The van der Waals surface area contributed by atoms with E-state index in [1.54, 1.807) is 24.3 Å². The minimum Gasteiger partial charge on any atom is -0.431 e. The van der Waals surface area contributed by atoms with Crippen LogP contribution >= 0.6 is 11.8 Å². The molecule has 4 unspecified atom stereocenters. The summed E-state index contributed by atoms with van der Waals surface area (Å²) in [6, 6.07) is 33.6. The molecule has 1 amide bonds. The van der Waals surface area contributed by atoms with Crippen LogP contribution in [0.1, 0.15) is 51.9 Å². The summed E-state index contributed by atoms with van der Waals surface area (Å²) in [5.74, 6) is -11.7. The number of carbonyl (C=O) groups excluding carboxylic acids is 1. The number of aliphatic hydroxyl groups is 1. The fourth-order valence-corrected chi connectivity index (χ4v) is 7.26. The second kappa shape index (κ2) is 16.6. The van der Waals surface area contributed by atoms with E-state index in [0.717, 1.165) is 27.9 Å². The van der Waals surface area contributed by atoms with Crippen molar-refractivity contribution in [1.29, 1.82) is 0 Å². The topological polar surface area (TPSA) is 93.8 Å². The highest BCUT2D eigenvalue weighted by Crippen LogP contribution is 2.44. The normalized spacial score (nSPS) is 18.3.